The first-order chi connectivity index (χ1) is 13.2. The van der Waals surface area contributed by atoms with Crippen molar-refractivity contribution in [3.05, 3.63) is 30.1 Å². The van der Waals surface area contributed by atoms with E-state index in [4.69, 9.17) is 15.5 Å². The van der Waals surface area contributed by atoms with Crippen molar-refractivity contribution in [3.8, 4) is 0 Å². The summed E-state index contributed by atoms with van der Waals surface area (Å²) in [6, 6.07) is 8.72. The highest BCUT2D eigenvalue weighted by atomic mass is 16.5. The zero-order valence-electron chi connectivity index (χ0n) is 15.8. The summed E-state index contributed by atoms with van der Waals surface area (Å²) in [5.41, 5.74) is 7.13. The van der Waals surface area contributed by atoms with Crippen molar-refractivity contribution < 1.29 is 4.74 Å². The van der Waals surface area contributed by atoms with E-state index in [2.05, 4.69) is 9.88 Å². The number of ether oxygens (including phenoxy) is 1. The molecule has 27 heavy (non-hydrogen) atoms. The van der Waals surface area contributed by atoms with Gasteiger partial charge in [0.1, 0.15) is 11.9 Å². The summed E-state index contributed by atoms with van der Waals surface area (Å²) in [7, 11) is 0. The van der Waals surface area contributed by atoms with E-state index in [0.29, 0.717) is 5.82 Å². The van der Waals surface area contributed by atoms with Gasteiger partial charge in [0.15, 0.2) is 5.82 Å². The van der Waals surface area contributed by atoms with E-state index in [1.165, 1.54) is 32.1 Å². The molecule has 1 aromatic carbocycles. The second kappa shape index (κ2) is 6.14. The number of hydrogen-bond donors (Lipinski definition) is 1. The maximum atomic E-state index is 6.22. The van der Waals surface area contributed by atoms with Crippen LogP contribution in [-0.4, -0.2) is 40.6 Å². The van der Waals surface area contributed by atoms with Crippen LogP contribution < -0.4 is 5.73 Å². The molecule has 2 heterocycles. The lowest BCUT2D eigenvalue weighted by Gasteiger charge is -2.58. The Morgan fingerprint density at radius 2 is 1.70 bits per heavy atom. The molecule has 5 fully saturated rings. The Bertz CT molecular complexity index is 841. The van der Waals surface area contributed by atoms with Crippen molar-refractivity contribution in [1.29, 1.82) is 0 Å². The average Bonchev–Trinajstić information content (AvgIpc) is 2.67. The Balaban J connectivity index is 1.27. The minimum absolute atomic E-state index is 0.0668. The van der Waals surface area contributed by atoms with Crippen LogP contribution in [0.1, 0.15) is 44.0 Å². The number of fused-ring (bicyclic) bond motifs is 1. The fourth-order valence-corrected chi connectivity index (χ4v) is 6.85. The molecule has 0 radical (unpaired) electrons. The molecule has 4 bridgehead atoms. The van der Waals surface area contributed by atoms with Crippen molar-refractivity contribution in [2.75, 3.05) is 25.4 Å². The van der Waals surface area contributed by atoms with Crippen molar-refractivity contribution >= 4 is 16.7 Å². The number of nitrogen functional groups attached to an aromatic ring is 1. The van der Waals surface area contributed by atoms with Crippen molar-refractivity contribution in [1.82, 2.24) is 14.9 Å². The third-order valence-corrected chi connectivity index (χ3v) is 7.63. The Morgan fingerprint density at radius 1 is 0.963 bits per heavy atom. The van der Waals surface area contributed by atoms with Gasteiger partial charge in [0.2, 0.25) is 0 Å². The topological polar surface area (TPSA) is 64.3 Å². The zero-order valence-corrected chi connectivity index (χ0v) is 15.8. The number of aromatic nitrogens is 2. The number of nitrogens with two attached hydrogens (primary N) is 1. The van der Waals surface area contributed by atoms with Crippen LogP contribution in [0.2, 0.25) is 0 Å². The molecule has 5 nitrogen and oxygen atoms in total. The summed E-state index contributed by atoms with van der Waals surface area (Å²) in [6.07, 6.45) is 7.27. The maximum absolute atomic E-state index is 6.22. The van der Waals surface area contributed by atoms with Gasteiger partial charge in [-0.15, -0.1) is 0 Å². The van der Waals surface area contributed by atoms with E-state index in [1.54, 1.807) is 0 Å². The molecule has 0 spiro atoms. The van der Waals surface area contributed by atoms with E-state index in [9.17, 15) is 0 Å². The van der Waals surface area contributed by atoms with Crippen molar-refractivity contribution in [3.63, 3.8) is 0 Å². The van der Waals surface area contributed by atoms with Gasteiger partial charge >= 0.3 is 0 Å². The van der Waals surface area contributed by atoms with Crippen LogP contribution in [0.5, 0.6) is 0 Å². The lowest BCUT2D eigenvalue weighted by molar-refractivity contribution is -0.114. The van der Waals surface area contributed by atoms with Gasteiger partial charge < -0.3 is 10.5 Å². The molecule has 1 unspecified atom stereocenters. The Hall–Kier alpha value is -1.72. The third kappa shape index (κ3) is 2.66. The highest BCUT2D eigenvalue weighted by Crippen LogP contribution is 2.55. The van der Waals surface area contributed by atoms with Gasteiger partial charge in [-0.25, -0.2) is 9.97 Å². The smallest absolute Gasteiger partial charge is 0.161 e. The van der Waals surface area contributed by atoms with Crippen LogP contribution in [0.15, 0.2) is 24.3 Å². The molecule has 5 aliphatic rings. The second-order valence-corrected chi connectivity index (χ2v) is 9.26. The van der Waals surface area contributed by atoms with E-state index in [0.717, 1.165) is 66.1 Å². The minimum Gasteiger partial charge on any atom is -0.383 e. The van der Waals surface area contributed by atoms with E-state index >= 15 is 0 Å². The molecule has 1 atom stereocenters. The van der Waals surface area contributed by atoms with Gasteiger partial charge in [0, 0.05) is 24.5 Å². The number of hydrogen-bond acceptors (Lipinski definition) is 5. The van der Waals surface area contributed by atoms with E-state index in [-0.39, 0.29) is 6.10 Å². The molecule has 2 aromatic rings. The minimum atomic E-state index is -0.0668. The van der Waals surface area contributed by atoms with Crippen molar-refractivity contribution in [2.24, 2.45) is 23.7 Å². The molecule has 4 saturated carbocycles. The summed E-state index contributed by atoms with van der Waals surface area (Å²) in [4.78, 5) is 12.1. The predicted octanol–water partition coefficient (Wildman–Crippen LogP) is 3.41. The molecule has 1 saturated heterocycles. The average molecular weight is 364 g/mol. The molecule has 5 heteroatoms. The quantitative estimate of drug-likeness (QED) is 0.885. The van der Waals surface area contributed by atoms with Gasteiger partial charge in [0.05, 0.1) is 12.1 Å². The van der Waals surface area contributed by atoms with Crippen LogP contribution in [0.3, 0.4) is 0 Å². The number of rotatable bonds is 2. The summed E-state index contributed by atoms with van der Waals surface area (Å²) >= 11 is 0. The van der Waals surface area contributed by atoms with Crippen LogP contribution in [0.25, 0.3) is 10.9 Å². The third-order valence-electron chi connectivity index (χ3n) is 7.63. The highest BCUT2D eigenvalue weighted by molar-refractivity contribution is 5.87. The normalized spacial score (nSPS) is 38.5. The second-order valence-electron chi connectivity index (χ2n) is 9.26. The largest absolute Gasteiger partial charge is 0.383 e. The summed E-state index contributed by atoms with van der Waals surface area (Å²) in [6.45, 7) is 2.72. The van der Waals surface area contributed by atoms with Gasteiger partial charge in [-0.1, -0.05) is 12.1 Å². The van der Waals surface area contributed by atoms with Crippen LogP contribution in [0, 0.1) is 23.7 Å². The number of para-hydroxylation sites is 1. The van der Waals surface area contributed by atoms with Crippen LogP contribution >= 0.6 is 0 Å². The number of nitrogens with zero attached hydrogens (tertiary/aromatic N) is 3. The molecular formula is C22H28N4O. The molecule has 142 valence electrons. The lowest BCUT2D eigenvalue weighted by atomic mass is 9.54. The highest BCUT2D eigenvalue weighted by Gasteiger charge is 2.50. The Morgan fingerprint density at radius 3 is 2.48 bits per heavy atom. The van der Waals surface area contributed by atoms with Gasteiger partial charge in [-0.3, -0.25) is 4.90 Å². The van der Waals surface area contributed by atoms with Crippen molar-refractivity contribution in [2.45, 2.75) is 44.2 Å². The van der Waals surface area contributed by atoms with Crippen LogP contribution in [-0.2, 0) is 4.74 Å². The molecular weight excluding hydrogens is 336 g/mol. The van der Waals surface area contributed by atoms with E-state index in [1.807, 2.05) is 24.3 Å². The molecule has 0 amide bonds. The summed E-state index contributed by atoms with van der Waals surface area (Å²) in [5.74, 6) is 5.16. The molecule has 7 rings (SSSR count). The molecule has 2 N–H and O–H groups in total. The van der Waals surface area contributed by atoms with Gasteiger partial charge in [-0.05, 0) is 67.9 Å². The first-order valence-corrected chi connectivity index (χ1v) is 10.6. The van der Waals surface area contributed by atoms with E-state index < -0.39 is 0 Å². The first kappa shape index (κ1) is 16.3. The maximum Gasteiger partial charge on any atom is 0.161 e. The first-order valence-electron chi connectivity index (χ1n) is 10.6. The Labute approximate surface area is 160 Å². The number of morpholine rings is 1. The number of benzene rings is 1. The SMILES string of the molecule is Nc1nc(C2CN(C3C4CC5CC(C4)CC3C5)CCO2)nc2ccccc12. The fraction of sp³-hybridized carbons (Fsp3) is 0.636. The number of anilines is 1. The summed E-state index contributed by atoms with van der Waals surface area (Å²) in [5, 5.41) is 0.926. The summed E-state index contributed by atoms with van der Waals surface area (Å²) < 4.78 is 6.12. The monoisotopic (exact) mass is 364 g/mol. The van der Waals surface area contributed by atoms with Gasteiger partial charge in [-0.2, -0.15) is 0 Å². The lowest BCUT2D eigenvalue weighted by Crippen LogP contribution is -2.58. The zero-order chi connectivity index (χ0) is 18.0. The standard InChI is InChI=1S/C22H28N4O/c23-21-17-3-1-2-4-18(17)24-22(25-21)19-12-26(5-6-27-19)20-15-8-13-7-14(10-15)11-16(20)9-13/h1-4,13-16,19-20H,5-12H2,(H2,23,24,25). The predicted molar refractivity (Wildman–Crippen MR) is 105 cm³/mol. The molecule has 4 aliphatic carbocycles. The van der Waals surface area contributed by atoms with Gasteiger partial charge in [0.25, 0.3) is 0 Å². The van der Waals surface area contributed by atoms with Crippen LogP contribution in [0.4, 0.5) is 5.82 Å². The molecule has 1 aliphatic heterocycles. The fourth-order valence-electron chi connectivity index (χ4n) is 6.85. The Kier molecular flexibility index (Phi) is 3.70. The molecule has 1 aromatic heterocycles.